The summed E-state index contributed by atoms with van der Waals surface area (Å²) in [7, 11) is 0. The lowest BCUT2D eigenvalue weighted by atomic mass is 10.2. The molecule has 0 atom stereocenters. The van der Waals surface area contributed by atoms with Gasteiger partial charge in [-0.15, -0.1) is 11.3 Å². The fourth-order valence-electron chi connectivity index (χ4n) is 1.94. The van der Waals surface area contributed by atoms with Crippen LogP contribution < -0.4 is 5.32 Å². The Kier molecular flexibility index (Phi) is 4.60. The van der Waals surface area contributed by atoms with E-state index in [1.54, 1.807) is 18.5 Å². The van der Waals surface area contributed by atoms with Crippen molar-refractivity contribution in [3.05, 3.63) is 69.2 Å². The largest absolute Gasteiger partial charge is 0.345 e. The summed E-state index contributed by atoms with van der Waals surface area (Å²) < 4.78 is 0.780. The molecule has 0 saturated heterocycles. The molecule has 3 aromatic rings. The number of halogens is 1. The molecular weight excluding hydrogens is 362 g/mol. The standard InChI is InChI=1S/C16H12BrN3OS/c17-13-6-2-1-5-12(13)16(21)19-9-15-20-14(10-22-15)11-4-3-7-18-8-11/h1-8,10H,9H2,(H,19,21). The van der Waals surface area contributed by atoms with Crippen LogP contribution in [0.15, 0.2) is 58.6 Å². The Hall–Kier alpha value is -2.05. The molecule has 22 heavy (non-hydrogen) atoms. The summed E-state index contributed by atoms with van der Waals surface area (Å²) in [4.78, 5) is 20.7. The van der Waals surface area contributed by atoms with Crippen molar-refractivity contribution in [1.82, 2.24) is 15.3 Å². The predicted octanol–water partition coefficient (Wildman–Crippen LogP) is 3.90. The van der Waals surface area contributed by atoms with E-state index >= 15 is 0 Å². The maximum Gasteiger partial charge on any atom is 0.252 e. The molecule has 0 bridgehead atoms. The van der Waals surface area contributed by atoms with E-state index in [-0.39, 0.29) is 5.91 Å². The van der Waals surface area contributed by atoms with Gasteiger partial charge in [0.05, 0.1) is 17.8 Å². The van der Waals surface area contributed by atoms with Gasteiger partial charge in [0.15, 0.2) is 0 Å². The second-order valence-corrected chi connectivity index (χ2v) is 6.33. The van der Waals surface area contributed by atoms with Gasteiger partial charge in [0.1, 0.15) is 5.01 Å². The molecule has 0 saturated carbocycles. The van der Waals surface area contributed by atoms with Gasteiger partial charge in [0.2, 0.25) is 0 Å². The molecule has 4 nitrogen and oxygen atoms in total. The smallest absolute Gasteiger partial charge is 0.252 e. The van der Waals surface area contributed by atoms with E-state index in [0.29, 0.717) is 12.1 Å². The summed E-state index contributed by atoms with van der Waals surface area (Å²) in [6, 6.07) is 11.2. The Balaban J connectivity index is 1.67. The van der Waals surface area contributed by atoms with Gasteiger partial charge in [-0.25, -0.2) is 4.98 Å². The van der Waals surface area contributed by atoms with Crippen molar-refractivity contribution >= 4 is 33.2 Å². The first-order valence-electron chi connectivity index (χ1n) is 6.61. The third-order valence-electron chi connectivity index (χ3n) is 3.03. The number of nitrogens with one attached hydrogen (secondary N) is 1. The average Bonchev–Trinajstić information content (AvgIpc) is 3.03. The van der Waals surface area contributed by atoms with Crippen LogP contribution in [0, 0.1) is 0 Å². The second-order valence-electron chi connectivity index (χ2n) is 4.53. The Labute approximate surface area is 140 Å². The highest BCUT2D eigenvalue weighted by Crippen LogP contribution is 2.21. The number of hydrogen-bond donors (Lipinski definition) is 1. The molecule has 0 fully saturated rings. The Bertz CT molecular complexity index is 789. The van der Waals surface area contributed by atoms with Crippen molar-refractivity contribution in [1.29, 1.82) is 0 Å². The Morgan fingerprint density at radius 3 is 2.86 bits per heavy atom. The minimum absolute atomic E-state index is 0.120. The normalized spacial score (nSPS) is 10.4. The van der Waals surface area contributed by atoms with Crippen LogP contribution in [0.4, 0.5) is 0 Å². The monoisotopic (exact) mass is 373 g/mol. The van der Waals surface area contributed by atoms with Crippen LogP contribution in [0.25, 0.3) is 11.3 Å². The zero-order valence-electron chi connectivity index (χ0n) is 11.5. The number of hydrogen-bond acceptors (Lipinski definition) is 4. The molecular formula is C16H12BrN3OS. The van der Waals surface area contributed by atoms with Crippen LogP contribution in [0.3, 0.4) is 0 Å². The van der Waals surface area contributed by atoms with Crippen molar-refractivity contribution in [2.75, 3.05) is 0 Å². The van der Waals surface area contributed by atoms with Crippen molar-refractivity contribution < 1.29 is 4.79 Å². The maximum absolute atomic E-state index is 12.1. The number of amides is 1. The van der Waals surface area contributed by atoms with Crippen LogP contribution in [-0.4, -0.2) is 15.9 Å². The van der Waals surface area contributed by atoms with Crippen LogP contribution >= 0.6 is 27.3 Å². The predicted molar refractivity (Wildman–Crippen MR) is 90.7 cm³/mol. The van der Waals surface area contributed by atoms with E-state index in [2.05, 4.69) is 31.2 Å². The number of aromatic nitrogens is 2. The molecule has 0 aliphatic carbocycles. The lowest BCUT2D eigenvalue weighted by Gasteiger charge is -2.04. The average molecular weight is 374 g/mol. The number of carbonyl (C=O) groups is 1. The third-order valence-corrected chi connectivity index (χ3v) is 4.57. The van der Waals surface area contributed by atoms with Gasteiger partial charge in [-0.2, -0.15) is 0 Å². The van der Waals surface area contributed by atoms with E-state index in [4.69, 9.17) is 0 Å². The number of rotatable bonds is 4. The SMILES string of the molecule is O=C(NCc1nc(-c2cccnc2)cs1)c1ccccc1Br. The van der Waals surface area contributed by atoms with Gasteiger partial charge < -0.3 is 5.32 Å². The zero-order chi connectivity index (χ0) is 15.4. The molecule has 1 amide bonds. The second kappa shape index (κ2) is 6.81. The lowest BCUT2D eigenvalue weighted by molar-refractivity contribution is 0.0950. The van der Waals surface area contributed by atoms with Crippen LogP contribution in [-0.2, 0) is 6.54 Å². The minimum atomic E-state index is -0.120. The number of pyridine rings is 1. The minimum Gasteiger partial charge on any atom is -0.345 e. The highest BCUT2D eigenvalue weighted by atomic mass is 79.9. The molecule has 0 radical (unpaired) electrons. The Morgan fingerprint density at radius 1 is 1.23 bits per heavy atom. The van der Waals surface area contributed by atoms with E-state index < -0.39 is 0 Å². The lowest BCUT2D eigenvalue weighted by Crippen LogP contribution is -2.23. The number of carbonyl (C=O) groups excluding carboxylic acids is 1. The van der Waals surface area contributed by atoms with Crippen molar-refractivity contribution in [2.24, 2.45) is 0 Å². The summed E-state index contributed by atoms with van der Waals surface area (Å²) >= 11 is 4.90. The highest BCUT2D eigenvalue weighted by Gasteiger charge is 2.10. The number of nitrogens with zero attached hydrogens (tertiary/aromatic N) is 2. The molecule has 1 N–H and O–H groups in total. The zero-order valence-corrected chi connectivity index (χ0v) is 13.9. The summed E-state index contributed by atoms with van der Waals surface area (Å²) in [5.74, 6) is -0.120. The van der Waals surface area contributed by atoms with E-state index in [1.807, 2.05) is 35.7 Å². The first kappa shape index (κ1) is 14.9. The van der Waals surface area contributed by atoms with Gasteiger partial charge in [0, 0.05) is 27.8 Å². The molecule has 2 aromatic heterocycles. The maximum atomic E-state index is 12.1. The molecule has 0 aliphatic heterocycles. The van der Waals surface area contributed by atoms with Crippen LogP contribution in [0.5, 0.6) is 0 Å². The van der Waals surface area contributed by atoms with Gasteiger partial charge in [-0.05, 0) is 40.2 Å². The summed E-state index contributed by atoms with van der Waals surface area (Å²) in [5, 5.41) is 5.71. The molecule has 0 unspecified atom stereocenters. The first-order valence-corrected chi connectivity index (χ1v) is 8.29. The van der Waals surface area contributed by atoms with Gasteiger partial charge in [0.25, 0.3) is 5.91 Å². The summed E-state index contributed by atoms with van der Waals surface area (Å²) in [6.45, 7) is 0.408. The first-order chi connectivity index (χ1) is 10.7. The number of benzene rings is 1. The van der Waals surface area contributed by atoms with Gasteiger partial charge in [-0.1, -0.05) is 12.1 Å². The van der Waals surface area contributed by atoms with Crippen molar-refractivity contribution in [3.8, 4) is 11.3 Å². The van der Waals surface area contributed by atoms with Gasteiger partial charge >= 0.3 is 0 Å². The molecule has 6 heteroatoms. The van der Waals surface area contributed by atoms with Crippen molar-refractivity contribution in [2.45, 2.75) is 6.54 Å². The molecule has 0 spiro atoms. The van der Waals surface area contributed by atoms with E-state index in [0.717, 1.165) is 20.7 Å². The van der Waals surface area contributed by atoms with Crippen molar-refractivity contribution in [3.63, 3.8) is 0 Å². The molecule has 0 aliphatic rings. The fourth-order valence-corrected chi connectivity index (χ4v) is 3.14. The van der Waals surface area contributed by atoms with E-state index in [1.165, 1.54) is 11.3 Å². The highest BCUT2D eigenvalue weighted by molar-refractivity contribution is 9.10. The quantitative estimate of drug-likeness (QED) is 0.754. The number of thiazole rings is 1. The van der Waals surface area contributed by atoms with Gasteiger partial charge in [-0.3, -0.25) is 9.78 Å². The third kappa shape index (κ3) is 3.40. The van der Waals surface area contributed by atoms with Crippen LogP contribution in [0.1, 0.15) is 15.4 Å². The van der Waals surface area contributed by atoms with E-state index in [9.17, 15) is 4.79 Å². The molecule has 110 valence electrons. The molecule has 1 aromatic carbocycles. The van der Waals surface area contributed by atoms with Crippen LogP contribution in [0.2, 0.25) is 0 Å². The molecule has 2 heterocycles. The summed E-state index contributed by atoms with van der Waals surface area (Å²) in [5.41, 5.74) is 2.47. The summed E-state index contributed by atoms with van der Waals surface area (Å²) in [6.07, 6.45) is 3.51. The topological polar surface area (TPSA) is 54.9 Å². The molecule has 3 rings (SSSR count). The fraction of sp³-hybridized carbons (Fsp3) is 0.0625. The Morgan fingerprint density at radius 2 is 2.09 bits per heavy atom.